The van der Waals surface area contributed by atoms with E-state index in [1.54, 1.807) is 0 Å². The van der Waals surface area contributed by atoms with Crippen molar-refractivity contribution in [2.24, 2.45) is 0 Å². The number of hydrogen-bond acceptors (Lipinski definition) is 8. The number of rotatable bonds is 6. The van der Waals surface area contributed by atoms with E-state index in [9.17, 15) is 4.79 Å². The van der Waals surface area contributed by atoms with E-state index in [4.69, 9.17) is 9.47 Å². The lowest BCUT2D eigenvalue weighted by Gasteiger charge is -2.06. The molecule has 0 saturated carbocycles. The summed E-state index contributed by atoms with van der Waals surface area (Å²) in [5.41, 5.74) is 1.66. The number of nitrogens with one attached hydrogen (secondary N) is 1. The fraction of sp³-hybridized carbons (Fsp3) is 0.235. The van der Waals surface area contributed by atoms with Crippen LogP contribution in [0.5, 0.6) is 12.0 Å². The van der Waals surface area contributed by atoms with Gasteiger partial charge in [0.1, 0.15) is 9.88 Å². The van der Waals surface area contributed by atoms with Gasteiger partial charge in [0.2, 0.25) is 0 Å². The molecule has 26 heavy (non-hydrogen) atoms. The average Bonchev–Trinajstić information content (AvgIpc) is 3.08. The highest BCUT2D eigenvalue weighted by Crippen LogP contribution is 2.27. The summed E-state index contributed by atoms with van der Waals surface area (Å²) in [6.07, 6.45) is 0. The number of thiazole rings is 1. The Morgan fingerprint density at radius 1 is 1.04 bits per heavy atom. The van der Waals surface area contributed by atoms with Gasteiger partial charge < -0.3 is 14.8 Å². The summed E-state index contributed by atoms with van der Waals surface area (Å²) in [6, 6.07) is 9.99. The van der Waals surface area contributed by atoms with Crippen LogP contribution in [0.3, 0.4) is 0 Å². The van der Waals surface area contributed by atoms with E-state index in [-0.39, 0.29) is 24.5 Å². The molecule has 0 unspecified atom stereocenters. The van der Waals surface area contributed by atoms with Crippen molar-refractivity contribution in [3.05, 3.63) is 46.7 Å². The minimum Gasteiger partial charge on any atom is -0.467 e. The van der Waals surface area contributed by atoms with Crippen LogP contribution in [0.25, 0.3) is 10.6 Å². The topological polar surface area (TPSA) is 99.1 Å². The van der Waals surface area contributed by atoms with Crippen LogP contribution < -0.4 is 14.8 Å². The second-order valence-electron chi connectivity index (χ2n) is 5.21. The summed E-state index contributed by atoms with van der Waals surface area (Å²) in [7, 11) is 2.89. The van der Waals surface area contributed by atoms with Crippen molar-refractivity contribution >= 4 is 17.2 Å². The van der Waals surface area contributed by atoms with E-state index in [0.717, 1.165) is 10.6 Å². The number of carbonyl (C=O) groups excluding carboxylic acids is 1. The van der Waals surface area contributed by atoms with E-state index in [0.29, 0.717) is 16.4 Å². The molecule has 0 atom stereocenters. The van der Waals surface area contributed by atoms with Crippen LogP contribution in [0.1, 0.15) is 21.2 Å². The van der Waals surface area contributed by atoms with E-state index in [1.807, 2.05) is 37.3 Å². The Bertz CT molecular complexity index is 892. The lowest BCUT2D eigenvalue weighted by Crippen LogP contribution is -2.24. The van der Waals surface area contributed by atoms with Gasteiger partial charge in [-0.25, -0.2) is 4.98 Å². The summed E-state index contributed by atoms with van der Waals surface area (Å²) in [4.78, 5) is 29.7. The van der Waals surface area contributed by atoms with Gasteiger partial charge in [-0.05, 0) is 6.92 Å². The maximum Gasteiger partial charge on any atom is 0.322 e. The first-order valence-corrected chi connectivity index (χ1v) is 8.56. The maximum atomic E-state index is 12.5. The van der Waals surface area contributed by atoms with Crippen LogP contribution in [-0.4, -0.2) is 40.1 Å². The van der Waals surface area contributed by atoms with Crippen molar-refractivity contribution < 1.29 is 14.3 Å². The van der Waals surface area contributed by atoms with Gasteiger partial charge in [-0.1, -0.05) is 30.3 Å². The van der Waals surface area contributed by atoms with Gasteiger partial charge in [0, 0.05) is 5.56 Å². The van der Waals surface area contributed by atoms with E-state index in [1.165, 1.54) is 25.6 Å². The summed E-state index contributed by atoms with van der Waals surface area (Å²) in [5.74, 6) is 0.105. The van der Waals surface area contributed by atoms with Gasteiger partial charge in [0.15, 0.2) is 5.82 Å². The van der Waals surface area contributed by atoms with Crippen LogP contribution in [0.15, 0.2) is 30.3 Å². The molecule has 2 aromatic heterocycles. The van der Waals surface area contributed by atoms with E-state index >= 15 is 0 Å². The number of nitrogens with zero attached hydrogens (tertiary/aromatic N) is 4. The molecular weight excluding hydrogens is 354 g/mol. The van der Waals surface area contributed by atoms with Crippen molar-refractivity contribution in [1.29, 1.82) is 0 Å². The van der Waals surface area contributed by atoms with Crippen molar-refractivity contribution in [2.75, 3.05) is 14.2 Å². The molecule has 0 aliphatic rings. The maximum absolute atomic E-state index is 12.5. The summed E-state index contributed by atoms with van der Waals surface area (Å²) in [6.45, 7) is 1.93. The molecule has 0 fully saturated rings. The number of aromatic nitrogens is 4. The van der Waals surface area contributed by atoms with E-state index in [2.05, 4.69) is 25.3 Å². The highest BCUT2D eigenvalue weighted by atomic mass is 32.1. The van der Waals surface area contributed by atoms with Crippen LogP contribution in [-0.2, 0) is 6.54 Å². The molecule has 134 valence electrons. The number of benzene rings is 1. The number of hydrogen-bond donors (Lipinski definition) is 1. The van der Waals surface area contributed by atoms with Crippen molar-refractivity contribution in [3.63, 3.8) is 0 Å². The zero-order valence-electron chi connectivity index (χ0n) is 14.5. The standard InChI is InChI=1S/C17H17N5O3S/c1-10-13(26-15(19-10)11-7-5-4-6-8-11)14(23)18-9-12-20-16(24-2)22-17(21-12)25-3/h4-8H,9H2,1-3H3,(H,18,23). The Balaban J connectivity index is 1.74. The molecule has 1 amide bonds. The molecule has 0 bridgehead atoms. The molecule has 1 aromatic carbocycles. The number of carbonyl (C=O) groups is 1. The van der Waals surface area contributed by atoms with Crippen LogP contribution in [0, 0.1) is 6.92 Å². The average molecular weight is 371 g/mol. The van der Waals surface area contributed by atoms with Gasteiger partial charge in [0.05, 0.1) is 26.5 Å². The molecule has 0 aliphatic heterocycles. The van der Waals surface area contributed by atoms with Crippen molar-refractivity contribution in [1.82, 2.24) is 25.3 Å². The number of ether oxygens (including phenoxy) is 2. The Kier molecular flexibility index (Phi) is 5.37. The summed E-state index contributed by atoms with van der Waals surface area (Å²) in [5, 5.41) is 3.59. The van der Waals surface area contributed by atoms with Gasteiger partial charge >= 0.3 is 12.0 Å². The number of amides is 1. The van der Waals surface area contributed by atoms with Crippen LogP contribution in [0.2, 0.25) is 0 Å². The molecule has 0 spiro atoms. The fourth-order valence-corrected chi connectivity index (χ4v) is 3.18. The normalized spacial score (nSPS) is 10.4. The van der Waals surface area contributed by atoms with Crippen molar-refractivity contribution in [2.45, 2.75) is 13.5 Å². The SMILES string of the molecule is COc1nc(CNC(=O)c2sc(-c3ccccc3)nc2C)nc(OC)n1. The smallest absolute Gasteiger partial charge is 0.322 e. The molecule has 3 rings (SSSR count). The molecule has 0 radical (unpaired) electrons. The zero-order chi connectivity index (χ0) is 18.5. The largest absolute Gasteiger partial charge is 0.467 e. The third-order valence-electron chi connectivity index (χ3n) is 3.44. The lowest BCUT2D eigenvalue weighted by molar-refractivity contribution is 0.0952. The minimum atomic E-state index is -0.236. The molecule has 2 heterocycles. The Labute approximate surface area is 154 Å². The Morgan fingerprint density at radius 3 is 2.31 bits per heavy atom. The summed E-state index contributed by atoms with van der Waals surface area (Å²) >= 11 is 1.35. The van der Waals surface area contributed by atoms with Gasteiger partial charge in [-0.3, -0.25) is 4.79 Å². The lowest BCUT2D eigenvalue weighted by atomic mass is 10.2. The molecule has 0 saturated heterocycles. The van der Waals surface area contributed by atoms with Crippen molar-refractivity contribution in [3.8, 4) is 22.6 Å². The monoisotopic (exact) mass is 371 g/mol. The third-order valence-corrected chi connectivity index (χ3v) is 4.64. The first-order valence-electron chi connectivity index (χ1n) is 7.74. The third kappa shape index (κ3) is 3.94. The summed E-state index contributed by atoms with van der Waals surface area (Å²) < 4.78 is 9.99. The molecule has 0 aliphatic carbocycles. The fourth-order valence-electron chi connectivity index (χ4n) is 2.19. The zero-order valence-corrected chi connectivity index (χ0v) is 15.3. The Morgan fingerprint density at radius 2 is 1.69 bits per heavy atom. The highest BCUT2D eigenvalue weighted by Gasteiger charge is 2.17. The minimum absolute atomic E-state index is 0.117. The van der Waals surface area contributed by atoms with Gasteiger partial charge in [0.25, 0.3) is 5.91 Å². The predicted molar refractivity (Wildman–Crippen MR) is 96.4 cm³/mol. The highest BCUT2D eigenvalue weighted by molar-refractivity contribution is 7.17. The second-order valence-corrected chi connectivity index (χ2v) is 6.21. The van der Waals surface area contributed by atoms with Gasteiger partial charge in [-0.15, -0.1) is 16.3 Å². The first kappa shape index (κ1) is 17.7. The van der Waals surface area contributed by atoms with Crippen LogP contribution >= 0.6 is 11.3 Å². The first-order chi connectivity index (χ1) is 12.6. The van der Waals surface area contributed by atoms with Crippen LogP contribution in [0.4, 0.5) is 0 Å². The number of methoxy groups -OCH3 is 2. The van der Waals surface area contributed by atoms with E-state index < -0.39 is 0 Å². The number of aryl methyl sites for hydroxylation is 1. The quantitative estimate of drug-likeness (QED) is 0.709. The predicted octanol–water partition coefficient (Wildman–Crippen LogP) is 2.25. The van der Waals surface area contributed by atoms with Gasteiger partial charge in [-0.2, -0.15) is 9.97 Å². The molecule has 3 aromatic rings. The second kappa shape index (κ2) is 7.87. The molecule has 1 N–H and O–H groups in total. The Hall–Kier alpha value is -3.07. The molecule has 9 heteroatoms. The molecule has 8 nitrogen and oxygen atoms in total. The molecular formula is C17H17N5O3S.